The molecule has 21 heavy (non-hydrogen) atoms. The summed E-state index contributed by atoms with van der Waals surface area (Å²) in [7, 11) is 0. The van der Waals surface area contributed by atoms with Gasteiger partial charge in [-0.25, -0.2) is 0 Å². The normalized spacial score (nSPS) is 19.2. The number of nitrogens with two attached hydrogens (primary N) is 2. The third-order valence-corrected chi connectivity index (χ3v) is 5.65. The fourth-order valence-electron chi connectivity index (χ4n) is 3.43. The van der Waals surface area contributed by atoms with E-state index in [-0.39, 0.29) is 0 Å². The third-order valence-electron chi connectivity index (χ3n) is 4.78. The number of halogens is 2. The van der Waals surface area contributed by atoms with Gasteiger partial charge < -0.3 is 11.5 Å². The smallest absolute Gasteiger partial charge is 0.252 e. The average Bonchev–Trinajstić information content (AvgIpc) is 2.49. The summed E-state index contributed by atoms with van der Waals surface area (Å²) in [5.41, 5.74) is 14.4. The minimum Gasteiger partial charge on any atom is -0.398 e. The van der Waals surface area contributed by atoms with Crippen LogP contribution in [0.2, 0.25) is 0 Å². The molecule has 5 heteroatoms. The standard InChI is InChI=1S/C16H22BrClN2O/c1-2-16(20,11-6-4-3-5-7-11)12-8-10(15(18)21)9-13(17)14(12)19/h8-9,11H,2-7,19-20H2,1H3. The van der Waals surface area contributed by atoms with E-state index >= 15 is 0 Å². The molecule has 2 rings (SSSR count). The molecule has 116 valence electrons. The van der Waals surface area contributed by atoms with Crippen LogP contribution < -0.4 is 11.5 Å². The van der Waals surface area contributed by atoms with Gasteiger partial charge in [-0.3, -0.25) is 4.79 Å². The van der Waals surface area contributed by atoms with E-state index in [1.165, 1.54) is 19.3 Å². The second kappa shape index (κ2) is 6.67. The average molecular weight is 374 g/mol. The van der Waals surface area contributed by atoms with Crippen molar-refractivity contribution >= 4 is 38.5 Å². The first-order valence-electron chi connectivity index (χ1n) is 7.48. The zero-order valence-corrected chi connectivity index (χ0v) is 14.6. The fourth-order valence-corrected chi connectivity index (χ4v) is 4.00. The van der Waals surface area contributed by atoms with Crippen LogP contribution in [0.25, 0.3) is 0 Å². The Balaban J connectivity index is 2.52. The number of nitrogen functional groups attached to an aromatic ring is 1. The summed E-state index contributed by atoms with van der Waals surface area (Å²) >= 11 is 9.06. The van der Waals surface area contributed by atoms with Gasteiger partial charge in [0.1, 0.15) is 0 Å². The number of rotatable bonds is 4. The Morgan fingerprint density at radius 3 is 2.52 bits per heavy atom. The molecular weight excluding hydrogens is 352 g/mol. The zero-order chi connectivity index (χ0) is 15.6. The summed E-state index contributed by atoms with van der Waals surface area (Å²) in [5.74, 6) is 0.395. The lowest BCUT2D eigenvalue weighted by atomic mass is 9.69. The minimum absolute atomic E-state index is 0.395. The maximum atomic E-state index is 11.5. The molecule has 1 saturated carbocycles. The number of benzene rings is 1. The Hall–Kier alpha value is -0.580. The molecule has 1 fully saturated rings. The van der Waals surface area contributed by atoms with Crippen LogP contribution >= 0.6 is 27.5 Å². The molecule has 3 nitrogen and oxygen atoms in total. The van der Waals surface area contributed by atoms with Gasteiger partial charge in [0.15, 0.2) is 0 Å². The molecule has 1 unspecified atom stereocenters. The topological polar surface area (TPSA) is 69.1 Å². The Morgan fingerprint density at radius 1 is 1.38 bits per heavy atom. The van der Waals surface area contributed by atoms with Crippen LogP contribution in [-0.4, -0.2) is 5.24 Å². The van der Waals surface area contributed by atoms with Gasteiger partial charge in [0.2, 0.25) is 0 Å². The quantitative estimate of drug-likeness (QED) is 0.600. The van der Waals surface area contributed by atoms with Crippen molar-refractivity contribution in [2.75, 3.05) is 5.73 Å². The van der Waals surface area contributed by atoms with Gasteiger partial charge in [0.05, 0.1) is 5.69 Å². The van der Waals surface area contributed by atoms with E-state index in [9.17, 15) is 4.79 Å². The highest BCUT2D eigenvalue weighted by molar-refractivity contribution is 9.10. The van der Waals surface area contributed by atoms with E-state index in [1.807, 2.05) is 0 Å². The molecule has 0 amide bonds. The fraction of sp³-hybridized carbons (Fsp3) is 0.562. The van der Waals surface area contributed by atoms with Gasteiger partial charge in [-0.1, -0.05) is 26.2 Å². The molecule has 0 heterocycles. The molecule has 4 N–H and O–H groups in total. The molecule has 0 radical (unpaired) electrons. The highest BCUT2D eigenvalue weighted by Crippen LogP contribution is 2.43. The monoisotopic (exact) mass is 372 g/mol. The molecule has 0 aromatic heterocycles. The van der Waals surface area contributed by atoms with Crippen molar-refractivity contribution in [3.8, 4) is 0 Å². The maximum Gasteiger partial charge on any atom is 0.252 e. The van der Waals surface area contributed by atoms with Crippen molar-refractivity contribution in [1.82, 2.24) is 0 Å². The number of carbonyl (C=O) groups excluding carboxylic acids is 1. The van der Waals surface area contributed by atoms with Crippen LogP contribution in [0.3, 0.4) is 0 Å². The van der Waals surface area contributed by atoms with Crippen molar-refractivity contribution < 1.29 is 4.79 Å². The maximum absolute atomic E-state index is 11.5. The van der Waals surface area contributed by atoms with Crippen LogP contribution in [0, 0.1) is 5.92 Å². The number of carbonyl (C=O) groups is 1. The summed E-state index contributed by atoms with van der Waals surface area (Å²) in [6.45, 7) is 2.08. The molecule has 1 aromatic carbocycles. The van der Waals surface area contributed by atoms with E-state index in [0.29, 0.717) is 21.6 Å². The van der Waals surface area contributed by atoms with E-state index in [0.717, 1.165) is 24.8 Å². The van der Waals surface area contributed by atoms with Gasteiger partial charge in [0, 0.05) is 15.6 Å². The predicted molar refractivity (Wildman–Crippen MR) is 91.5 cm³/mol. The summed E-state index contributed by atoms with van der Waals surface area (Å²) in [5, 5.41) is -0.487. The molecule has 1 aromatic rings. The lowest BCUT2D eigenvalue weighted by molar-refractivity contribution is 0.108. The first-order chi connectivity index (χ1) is 9.90. The van der Waals surface area contributed by atoms with E-state index in [4.69, 9.17) is 23.1 Å². The van der Waals surface area contributed by atoms with Crippen LogP contribution in [0.1, 0.15) is 61.4 Å². The lowest BCUT2D eigenvalue weighted by Crippen LogP contribution is -2.45. The highest BCUT2D eigenvalue weighted by Gasteiger charge is 2.37. The second-order valence-corrected chi connectivity index (χ2v) is 7.12. The van der Waals surface area contributed by atoms with Crippen LogP contribution in [0.4, 0.5) is 5.69 Å². The molecule has 1 aliphatic rings. The Bertz CT molecular complexity index is 543. The van der Waals surface area contributed by atoms with E-state index in [1.54, 1.807) is 12.1 Å². The number of anilines is 1. The van der Waals surface area contributed by atoms with E-state index in [2.05, 4.69) is 22.9 Å². The van der Waals surface area contributed by atoms with Gasteiger partial charge in [-0.15, -0.1) is 0 Å². The summed E-state index contributed by atoms with van der Waals surface area (Å²) in [4.78, 5) is 11.5. The molecular formula is C16H22BrClN2O. The van der Waals surface area contributed by atoms with Crippen molar-refractivity contribution in [2.45, 2.75) is 51.0 Å². The molecule has 0 spiro atoms. The Kier molecular flexibility index (Phi) is 5.33. The SMILES string of the molecule is CCC(N)(c1cc(C(=O)Cl)cc(Br)c1N)C1CCCCC1. The minimum atomic E-state index is -0.505. The highest BCUT2D eigenvalue weighted by atomic mass is 79.9. The van der Waals surface area contributed by atoms with Crippen molar-refractivity contribution in [2.24, 2.45) is 11.7 Å². The van der Waals surface area contributed by atoms with Gasteiger partial charge in [-0.05, 0) is 70.4 Å². The van der Waals surface area contributed by atoms with Crippen molar-refractivity contribution in [3.63, 3.8) is 0 Å². The molecule has 0 aliphatic heterocycles. The second-order valence-electron chi connectivity index (χ2n) is 5.92. The summed E-state index contributed by atoms with van der Waals surface area (Å²) in [6.07, 6.45) is 6.70. The zero-order valence-electron chi connectivity index (χ0n) is 12.3. The van der Waals surface area contributed by atoms with Gasteiger partial charge in [0.25, 0.3) is 5.24 Å². The van der Waals surface area contributed by atoms with Gasteiger partial charge >= 0.3 is 0 Å². The first-order valence-corrected chi connectivity index (χ1v) is 8.65. The van der Waals surface area contributed by atoms with Crippen LogP contribution in [0.15, 0.2) is 16.6 Å². The van der Waals surface area contributed by atoms with Crippen molar-refractivity contribution in [3.05, 3.63) is 27.7 Å². The molecule has 1 atom stereocenters. The van der Waals surface area contributed by atoms with Crippen LogP contribution in [0.5, 0.6) is 0 Å². The summed E-state index contributed by atoms with van der Waals surface area (Å²) < 4.78 is 0.683. The first kappa shape index (κ1) is 16.8. The largest absolute Gasteiger partial charge is 0.398 e. The number of hydrogen-bond acceptors (Lipinski definition) is 3. The number of hydrogen-bond donors (Lipinski definition) is 2. The van der Waals surface area contributed by atoms with Crippen LogP contribution in [-0.2, 0) is 5.54 Å². The van der Waals surface area contributed by atoms with E-state index < -0.39 is 10.8 Å². The van der Waals surface area contributed by atoms with Crippen molar-refractivity contribution in [1.29, 1.82) is 0 Å². The molecule has 0 saturated heterocycles. The van der Waals surface area contributed by atoms with Gasteiger partial charge in [-0.2, -0.15) is 0 Å². The Morgan fingerprint density at radius 2 is 2.00 bits per heavy atom. The summed E-state index contributed by atoms with van der Waals surface area (Å²) in [6, 6.07) is 3.43. The third kappa shape index (κ3) is 3.27. The predicted octanol–water partition coefficient (Wildman–Crippen LogP) is 4.55. The lowest BCUT2D eigenvalue weighted by Gasteiger charge is -2.40. The Labute approximate surface area is 139 Å². The molecule has 1 aliphatic carbocycles. The molecule has 0 bridgehead atoms.